The smallest absolute Gasteiger partial charge is 0.255 e. The summed E-state index contributed by atoms with van der Waals surface area (Å²) in [7, 11) is -3.78. The number of amides is 1. The summed E-state index contributed by atoms with van der Waals surface area (Å²) in [5.74, 6) is 0.247. The second-order valence-corrected chi connectivity index (χ2v) is 10.6. The second kappa shape index (κ2) is 9.69. The Kier molecular flexibility index (Phi) is 7.42. The van der Waals surface area contributed by atoms with Crippen molar-refractivity contribution in [3.8, 4) is 0 Å². The summed E-state index contributed by atoms with van der Waals surface area (Å²) in [5.41, 5.74) is 3.08. The van der Waals surface area contributed by atoms with E-state index in [9.17, 15) is 13.2 Å². The average Bonchev–Trinajstić information content (AvgIpc) is 2.75. The molecular formula is C23H29ClN2O4S. The normalized spacial score (nSPS) is 15.5. The molecule has 1 amide bonds. The van der Waals surface area contributed by atoms with Gasteiger partial charge in [0.1, 0.15) is 4.90 Å². The predicted molar refractivity (Wildman–Crippen MR) is 124 cm³/mol. The number of nitrogens with one attached hydrogen (secondary N) is 1. The lowest BCUT2D eigenvalue weighted by molar-refractivity contribution is 0.0730. The standard InChI is InChI=1S/C23H29ClN2O4S/c1-15(2)17-5-7-19(20(13-17)16(3)4)23(27)25-18-6-8-21(24)22(14-18)31(28,29)26-9-11-30-12-10-26/h5-8,13-16H,9-12H2,1-4H3,(H,25,27). The van der Waals surface area contributed by atoms with E-state index in [1.165, 1.54) is 22.0 Å². The Labute approximate surface area is 189 Å². The Morgan fingerprint density at radius 1 is 1.03 bits per heavy atom. The third-order valence-electron chi connectivity index (χ3n) is 5.39. The molecule has 1 heterocycles. The fourth-order valence-electron chi connectivity index (χ4n) is 3.53. The number of carbonyl (C=O) groups excluding carboxylic acids is 1. The number of hydrogen-bond donors (Lipinski definition) is 1. The molecule has 168 valence electrons. The molecule has 0 bridgehead atoms. The molecule has 0 unspecified atom stereocenters. The average molecular weight is 465 g/mol. The molecule has 1 aliphatic heterocycles. The van der Waals surface area contributed by atoms with Crippen LogP contribution in [-0.4, -0.2) is 44.9 Å². The third-order valence-corrected chi connectivity index (χ3v) is 7.77. The molecular weight excluding hydrogens is 436 g/mol. The number of sulfonamides is 1. The van der Waals surface area contributed by atoms with Crippen molar-refractivity contribution in [2.45, 2.75) is 44.4 Å². The summed E-state index contributed by atoms with van der Waals surface area (Å²) >= 11 is 6.22. The molecule has 1 aliphatic rings. The maximum atomic E-state index is 13.0. The third kappa shape index (κ3) is 5.29. The number of morpholine rings is 1. The second-order valence-electron chi connectivity index (χ2n) is 8.27. The van der Waals surface area contributed by atoms with Crippen molar-refractivity contribution in [2.75, 3.05) is 31.6 Å². The first-order valence-electron chi connectivity index (χ1n) is 10.4. The highest BCUT2D eigenvalue weighted by Gasteiger charge is 2.29. The molecule has 0 spiro atoms. The summed E-state index contributed by atoms with van der Waals surface area (Å²) < 4.78 is 32.7. The molecule has 1 N–H and O–H groups in total. The number of rotatable bonds is 6. The number of nitrogens with zero attached hydrogens (tertiary/aromatic N) is 1. The minimum absolute atomic E-state index is 0.0203. The number of ether oxygens (including phenoxy) is 1. The fourth-order valence-corrected chi connectivity index (χ4v) is 5.44. The van der Waals surface area contributed by atoms with E-state index in [4.69, 9.17) is 16.3 Å². The molecule has 0 aromatic heterocycles. The van der Waals surface area contributed by atoms with E-state index < -0.39 is 10.0 Å². The van der Waals surface area contributed by atoms with Crippen LogP contribution in [0.2, 0.25) is 5.02 Å². The van der Waals surface area contributed by atoms with Gasteiger partial charge in [0.15, 0.2) is 0 Å². The largest absolute Gasteiger partial charge is 0.379 e. The lowest BCUT2D eigenvalue weighted by Gasteiger charge is -2.26. The van der Waals surface area contributed by atoms with Gasteiger partial charge in [0.05, 0.1) is 18.2 Å². The van der Waals surface area contributed by atoms with Gasteiger partial charge in [-0.3, -0.25) is 4.79 Å². The maximum Gasteiger partial charge on any atom is 0.255 e. The highest BCUT2D eigenvalue weighted by molar-refractivity contribution is 7.89. The first-order valence-corrected chi connectivity index (χ1v) is 12.3. The number of hydrogen-bond acceptors (Lipinski definition) is 4. The zero-order valence-corrected chi connectivity index (χ0v) is 19.9. The molecule has 1 fully saturated rings. The van der Waals surface area contributed by atoms with E-state index in [-0.39, 0.29) is 34.8 Å². The van der Waals surface area contributed by atoms with Crippen LogP contribution in [0.3, 0.4) is 0 Å². The molecule has 0 atom stereocenters. The van der Waals surface area contributed by atoms with Crippen LogP contribution in [-0.2, 0) is 14.8 Å². The molecule has 0 radical (unpaired) electrons. The zero-order valence-electron chi connectivity index (χ0n) is 18.3. The Morgan fingerprint density at radius 2 is 1.71 bits per heavy atom. The van der Waals surface area contributed by atoms with E-state index in [0.29, 0.717) is 30.4 Å². The molecule has 0 aliphatic carbocycles. The molecule has 6 nitrogen and oxygen atoms in total. The topological polar surface area (TPSA) is 75.7 Å². The van der Waals surface area contributed by atoms with Crippen LogP contribution in [0.1, 0.15) is 61.0 Å². The lowest BCUT2D eigenvalue weighted by atomic mass is 9.91. The number of halogens is 1. The monoisotopic (exact) mass is 464 g/mol. The minimum Gasteiger partial charge on any atom is -0.379 e. The van der Waals surface area contributed by atoms with Crippen molar-refractivity contribution in [1.29, 1.82) is 0 Å². The maximum absolute atomic E-state index is 13.0. The van der Waals surface area contributed by atoms with Crippen LogP contribution >= 0.6 is 11.6 Å². The predicted octanol–water partition coefficient (Wildman–Crippen LogP) is 4.86. The first-order chi connectivity index (χ1) is 14.6. The van der Waals surface area contributed by atoms with Gasteiger partial charge in [-0.2, -0.15) is 4.31 Å². The van der Waals surface area contributed by atoms with Crippen LogP contribution in [0.25, 0.3) is 0 Å². The summed E-state index contributed by atoms with van der Waals surface area (Å²) in [6.45, 7) is 9.56. The quantitative estimate of drug-likeness (QED) is 0.662. The SMILES string of the molecule is CC(C)c1ccc(C(=O)Nc2ccc(Cl)c(S(=O)(=O)N3CCOCC3)c2)c(C(C)C)c1. The number of carbonyl (C=O) groups is 1. The first kappa shape index (κ1) is 23.7. The van der Waals surface area contributed by atoms with Gasteiger partial charge in [-0.05, 0) is 47.2 Å². The molecule has 2 aromatic rings. The Morgan fingerprint density at radius 3 is 2.32 bits per heavy atom. The van der Waals surface area contributed by atoms with Crippen LogP contribution in [0.5, 0.6) is 0 Å². The van der Waals surface area contributed by atoms with E-state index in [0.717, 1.165) is 5.56 Å². The van der Waals surface area contributed by atoms with Gasteiger partial charge in [0, 0.05) is 24.3 Å². The van der Waals surface area contributed by atoms with Gasteiger partial charge in [0.25, 0.3) is 5.91 Å². The summed E-state index contributed by atoms with van der Waals surface area (Å²) in [4.78, 5) is 13.0. The van der Waals surface area contributed by atoms with Gasteiger partial charge in [-0.15, -0.1) is 0 Å². The van der Waals surface area contributed by atoms with Gasteiger partial charge in [-0.25, -0.2) is 8.42 Å². The lowest BCUT2D eigenvalue weighted by Crippen LogP contribution is -2.40. The van der Waals surface area contributed by atoms with E-state index >= 15 is 0 Å². The van der Waals surface area contributed by atoms with Crippen molar-refractivity contribution < 1.29 is 17.9 Å². The number of anilines is 1. The van der Waals surface area contributed by atoms with E-state index in [1.807, 2.05) is 26.0 Å². The zero-order chi connectivity index (χ0) is 22.8. The molecule has 1 saturated heterocycles. The summed E-state index contributed by atoms with van der Waals surface area (Å²) in [6.07, 6.45) is 0. The van der Waals surface area contributed by atoms with Crippen LogP contribution in [0, 0.1) is 0 Å². The summed E-state index contributed by atoms with van der Waals surface area (Å²) in [5, 5.41) is 2.96. The van der Waals surface area contributed by atoms with Crippen LogP contribution < -0.4 is 5.32 Å². The molecule has 2 aromatic carbocycles. The molecule has 8 heteroatoms. The van der Waals surface area contributed by atoms with Crippen molar-refractivity contribution >= 4 is 33.2 Å². The Bertz CT molecular complexity index is 1060. The highest BCUT2D eigenvalue weighted by atomic mass is 35.5. The van der Waals surface area contributed by atoms with Crippen molar-refractivity contribution in [3.05, 3.63) is 58.1 Å². The van der Waals surface area contributed by atoms with Gasteiger partial charge < -0.3 is 10.1 Å². The molecule has 31 heavy (non-hydrogen) atoms. The van der Waals surface area contributed by atoms with Crippen molar-refractivity contribution in [2.24, 2.45) is 0 Å². The number of benzene rings is 2. The van der Waals surface area contributed by atoms with Gasteiger partial charge in [0.2, 0.25) is 10.0 Å². The van der Waals surface area contributed by atoms with Crippen LogP contribution in [0.4, 0.5) is 5.69 Å². The van der Waals surface area contributed by atoms with E-state index in [1.54, 1.807) is 6.07 Å². The fraction of sp³-hybridized carbons (Fsp3) is 0.435. The Hall–Kier alpha value is -1.93. The Balaban J connectivity index is 1.90. The van der Waals surface area contributed by atoms with Crippen LogP contribution in [0.15, 0.2) is 41.3 Å². The molecule has 3 rings (SSSR count). The summed E-state index contributed by atoms with van der Waals surface area (Å²) in [6, 6.07) is 10.4. The van der Waals surface area contributed by atoms with Crippen molar-refractivity contribution in [1.82, 2.24) is 4.31 Å². The minimum atomic E-state index is -3.78. The highest BCUT2D eigenvalue weighted by Crippen LogP contribution is 2.30. The molecule has 0 saturated carbocycles. The van der Waals surface area contributed by atoms with E-state index in [2.05, 4.69) is 25.2 Å². The van der Waals surface area contributed by atoms with Crippen molar-refractivity contribution in [3.63, 3.8) is 0 Å². The van der Waals surface area contributed by atoms with Gasteiger partial charge >= 0.3 is 0 Å². The van der Waals surface area contributed by atoms with Gasteiger partial charge in [-0.1, -0.05) is 51.4 Å².